The highest BCUT2D eigenvalue weighted by Crippen LogP contribution is 2.44. The molecule has 2 aromatic rings. The lowest BCUT2D eigenvalue weighted by Gasteiger charge is -2.37. The Morgan fingerprint density at radius 2 is 1.91 bits per heavy atom. The molecule has 0 bridgehead atoms. The van der Waals surface area contributed by atoms with Crippen LogP contribution in [0.15, 0.2) is 17.0 Å². The van der Waals surface area contributed by atoms with E-state index in [1.807, 2.05) is 17.7 Å². The van der Waals surface area contributed by atoms with Gasteiger partial charge >= 0.3 is 0 Å². The topological polar surface area (TPSA) is 103 Å². The van der Waals surface area contributed by atoms with Crippen molar-refractivity contribution in [1.29, 1.82) is 5.41 Å². The number of pyridine rings is 1. The molecule has 174 valence electrons. The van der Waals surface area contributed by atoms with Gasteiger partial charge in [0.15, 0.2) is 0 Å². The summed E-state index contributed by atoms with van der Waals surface area (Å²) < 4.78 is 31.5. The summed E-state index contributed by atoms with van der Waals surface area (Å²) in [5.74, 6) is 1.14. The van der Waals surface area contributed by atoms with Crippen molar-refractivity contribution in [2.45, 2.75) is 74.9 Å². The maximum absolute atomic E-state index is 13.4. The number of thioether (sulfide) groups is 1. The van der Waals surface area contributed by atoms with Gasteiger partial charge in [-0.05, 0) is 58.8 Å². The van der Waals surface area contributed by atoms with Crippen molar-refractivity contribution in [3.8, 4) is 0 Å². The van der Waals surface area contributed by atoms with Gasteiger partial charge in [-0.2, -0.15) is 5.10 Å². The van der Waals surface area contributed by atoms with E-state index < -0.39 is 10.0 Å². The van der Waals surface area contributed by atoms with Crippen LogP contribution in [0.25, 0.3) is 5.52 Å². The molecule has 0 radical (unpaired) electrons. The number of rotatable bonds is 6. The summed E-state index contributed by atoms with van der Waals surface area (Å²) in [5.41, 5.74) is 2.08. The molecule has 3 aliphatic rings. The largest absolute Gasteiger partial charge is 0.353 e. The standard InChI is InChI=1S/C22H32N6O2S2/c1-13-11-27(12-14(2)24-13)18-10-16(32(29,30)26-22(3)7-8-22)9-17-19(21(23)31-4)20(15-5-6-15)25-28(17)18/h9-10,13-15,23-24,26H,5-8,11-12H2,1-4H3/t13-,14-/m0/s1. The second-order valence-corrected chi connectivity index (χ2v) is 12.5. The number of nitrogens with zero attached hydrogens (tertiary/aromatic N) is 3. The van der Waals surface area contributed by atoms with E-state index in [2.05, 4.69) is 28.8 Å². The van der Waals surface area contributed by atoms with Gasteiger partial charge in [-0.15, -0.1) is 11.8 Å². The molecule has 8 nitrogen and oxygen atoms in total. The Bertz CT molecular complexity index is 1170. The van der Waals surface area contributed by atoms with Crippen LogP contribution in [0, 0.1) is 5.41 Å². The number of hydrogen-bond acceptors (Lipinski definition) is 7. The molecule has 2 aliphatic carbocycles. The van der Waals surface area contributed by atoms with Gasteiger partial charge in [0, 0.05) is 42.7 Å². The van der Waals surface area contributed by atoms with Crippen molar-refractivity contribution in [2.24, 2.45) is 0 Å². The lowest BCUT2D eigenvalue weighted by atomic mass is 10.1. The summed E-state index contributed by atoms with van der Waals surface area (Å²) in [6.45, 7) is 7.76. The molecule has 0 aromatic carbocycles. The van der Waals surface area contributed by atoms with Crippen LogP contribution < -0.4 is 14.9 Å². The zero-order valence-corrected chi connectivity index (χ0v) is 20.7. The quantitative estimate of drug-likeness (QED) is 0.438. The maximum atomic E-state index is 13.4. The van der Waals surface area contributed by atoms with Crippen LogP contribution in [0.4, 0.5) is 5.82 Å². The van der Waals surface area contributed by atoms with Crippen molar-refractivity contribution in [2.75, 3.05) is 24.2 Å². The highest BCUT2D eigenvalue weighted by Gasteiger charge is 2.42. The fourth-order valence-corrected chi connectivity index (χ4v) is 6.58. The first-order valence-corrected chi connectivity index (χ1v) is 14.1. The molecule has 2 saturated carbocycles. The van der Waals surface area contributed by atoms with Crippen LogP contribution in [0.1, 0.15) is 63.6 Å². The summed E-state index contributed by atoms with van der Waals surface area (Å²) in [4.78, 5) is 2.48. The second kappa shape index (κ2) is 7.72. The van der Waals surface area contributed by atoms with Crippen LogP contribution >= 0.6 is 11.8 Å². The summed E-state index contributed by atoms with van der Waals surface area (Å²) in [6.07, 6.45) is 5.74. The van der Waals surface area contributed by atoms with Crippen LogP contribution in [0.3, 0.4) is 0 Å². The summed E-state index contributed by atoms with van der Waals surface area (Å²) in [5, 5.41) is 17.6. The van der Waals surface area contributed by atoms with E-state index in [0.29, 0.717) is 16.5 Å². The Balaban J connectivity index is 1.72. The van der Waals surface area contributed by atoms with E-state index in [-0.39, 0.29) is 22.5 Å². The minimum absolute atomic E-state index is 0.254. The zero-order valence-electron chi connectivity index (χ0n) is 19.1. The third-order valence-electron chi connectivity index (χ3n) is 6.68. The minimum Gasteiger partial charge on any atom is -0.353 e. The van der Waals surface area contributed by atoms with Gasteiger partial charge in [0.1, 0.15) is 5.82 Å². The lowest BCUT2D eigenvalue weighted by Crippen LogP contribution is -2.54. The molecule has 2 atom stereocenters. The number of fused-ring (bicyclic) bond motifs is 1. The van der Waals surface area contributed by atoms with Gasteiger partial charge in [-0.1, -0.05) is 0 Å². The molecule has 5 rings (SSSR count). The molecule has 32 heavy (non-hydrogen) atoms. The third-order valence-corrected chi connectivity index (χ3v) is 8.91. The highest BCUT2D eigenvalue weighted by atomic mass is 32.2. The Labute approximate surface area is 194 Å². The van der Waals surface area contributed by atoms with Crippen LogP contribution in [0.5, 0.6) is 0 Å². The van der Waals surface area contributed by atoms with E-state index in [0.717, 1.165) is 55.8 Å². The van der Waals surface area contributed by atoms with E-state index >= 15 is 0 Å². The first kappa shape index (κ1) is 22.2. The first-order chi connectivity index (χ1) is 15.1. The van der Waals surface area contributed by atoms with E-state index in [9.17, 15) is 8.42 Å². The maximum Gasteiger partial charge on any atom is 0.241 e. The van der Waals surface area contributed by atoms with E-state index in [1.54, 1.807) is 12.1 Å². The number of hydrogen-bond donors (Lipinski definition) is 3. The van der Waals surface area contributed by atoms with Crippen molar-refractivity contribution in [3.63, 3.8) is 0 Å². The molecule has 10 heteroatoms. The number of sulfonamides is 1. The molecule has 0 amide bonds. The van der Waals surface area contributed by atoms with Crippen molar-refractivity contribution >= 4 is 38.2 Å². The molecular weight excluding hydrogens is 444 g/mol. The molecule has 0 unspecified atom stereocenters. The Morgan fingerprint density at radius 3 is 2.47 bits per heavy atom. The number of nitrogens with one attached hydrogen (secondary N) is 3. The fourth-order valence-electron chi connectivity index (χ4n) is 4.67. The third kappa shape index (κ3) is 4.06. The van der Waals surface area contributed by atoms with Gasteiger partial charge in [-0.3, -0.25) is 5.41 Å². The SMILES string of the molecule is CSC(=N)c1c(C2CC2)nn2c(N3C[C@H](C)N[C@@H](C)C3)cc(S(=O)(=O)NC3(C)CC3)cc12. The molecule has 1 aliphatic heterocycles. The van der Waals surface area contributed by atoms with Gasteiger partial charge in [-0.25, -0.2) is 17.7 Å². The predicted molar refractivity (Wildman–Crippen MR) is 130 cm³/mol. The van der Waals surface area contributed by atoms with E-state index in [4.69, 9.17) is 10.5 Å². The van der Waals surface area contributed by atoms with Crippen molar-refractivity contribution in [3.05, 3.63) is 23.4 Å². The number of piperazine rings is 1. The monoisotopic (exact) mass is 476 g/mol. The van der Waals surface area contributed by atoms with Gasteiger partial charge in [0.25, 0.3) is 0 Å². The molecular formula is C22H32N6O2S2. The van der Waals surface area contributed by atoms with Crippen LogP contribution in [-0.2, 0) is 10.0 Å². The zero-order chi connectivity index (χ0) is 22.8. The molecule has 3 N–H and O–H groups in total. The normalized spacial score (nSPS) is 25.3. The van der Waals surface area contributed by atoms with Crippen molar-refractivity contribution in [1.82, 2.24) is 19.7 Å². The molecule has 1 saturated heterocycles. The fraction of sp³-hybridized carbons (Fsp3) is 0.636. The molecule has 2 aromatic heterocycles. The Kier molecular flexibility index (Phi) is 5.35. The number of aromatic nitrogens is 2. The number of anilines is 1. The van der Waals surface area contributed by atoms with Crippen LogP contribution in [0.2, 0.25) is 0 Å². The van der Waals surface area contributed by atoms with E-state index in [1.165, 1.54) is 11.8 Å². The Morgan fingerprint density at radius 1 is 1.25 bits per heavy atom. The second-order valence-electron chi connectivity index (χ2n) is 9.95. The van der Waals surface area contributed by atoms with Crippen molar-refractivity contribution < 1.29 is 8.42 Å². The van der Waals surface area contributed by atoms with Gasteiger partial charge < -0.3 is 10.2 Å². The lowest BCUT2D eigenvalue weighted by molar-refractivity contribution is 0.403. The van der Waals surface area contributed by atoms with Gasteiger partial charge in [0.05, 0.1) is 26.7 Å². The molecule has 3 heterocycles. The average Bonchev–Trinajstić information content (AvgIpc) is 3.64. The average molecular weight is 477 g/mol. The minimum atomic E-state index is -3.69. The Hall–Kier alpha value is -1.62. The van der Waals surface area contributed by atoms with Gasteiger partial charge in [0.2, 0.25) is 10.0 Å². The molecule has 0 spiro atoms. The highest BCUT2D eigenvalue weighted by molar-refractivity contribution is 8.13. The van der Waals surface area contributed by atoms with Crippen LogP contribution in [-0.4, -0.2) is 60.0 Å². The summed E-state index contributed by atoms with van der Waals surface area (Å²) in [7, 11) is -3.69. The summed E-state index contributed by atoms with van der Waals surface area (Å²) >= 11 is 1.37. The molecule has 3 fully saturated rings. The smallest absolute Gasteiger partial charge is 0.241 e. The predicted octanol–water partition coefficient (Wildman–Crippen LogP) is 2.92. The summed E-state index contributed by atoms with van der Waals surface area (Å²) in [6, 6.07) is 4.04. The first-order valence-electron chi connectivity index (χ1n) is 11.3.